The van der Waals surface area contributed by atoms with E-state index in [1.165, 1.54) is 51.7 Å². The summed E-state index contributed by atoms with van der Waals surface area (Å²) in [4.78, 5) is 11.1. The van der Waals surface area contributed by atoms with Crippen molar-refractivity contribution in [3.63, 3.8) is 0 Å². The summed E-state index contributed by atoms with van der Waals surface area (Å²) >= 11 is 0. The molecule has 4 aliphatic rings. The summed E-state index contributed by atoms with van der Waals surface area (Å²) in [6.45, 7) is 0.776. The molecule has 0 aliphatic heterocycles. The quantitative estimate of drug-likeness (QED) is 0.667. The zero-order valence-electron chi connectivity index (χ0n) is 13.7. The van der Waals surface area contributed by atoms with Crippen molar-refractivity contribution in [2.24, 2.45) is 17.8 Å². The van der Waals surface area contributed by atoms with Gasteiger partial charge in [0.2, 0.25) is 0 Å². The highest BCUT2D eigenvalue weighted by Gasteiger charge is 2.50. The Morgan fingerprint density at radius 3 is 2.52 bits per heavy atom. The minimum Gasteiger partial charge on any atom is -0.466 e. The van der Waals surface area contributed by atoms with Gasteiger partial charge in [0.15, 0.2) is 0 Å². The molecule has 0 aromatic carbocycles. The molecule has 0 amide bonds. The van der Waals surface area contributed by atoms with Crippen LogP contribution >= 0.6 is 0 Å². The third-order valence-electron chi connectivity index (χ3n) is 5.94. The second-order valence-electron chi connectivity index (χ2n) is 7.71. The van der Waals surface area contributed by atoms with Crippen molar-refractivity contribution in [2.45, 2.75) is 50.6 Å². The van der Waals surface area contributed by atoms with Gasteiger partial charge in [0.1, 0.15) is 11.5 Å². The van der Waals surface area contributed by atoms with E-state index in [0.29, 0.717) is 11.3 Å². The van der Waals surface area contributed by atoms with Gasteiger partial charge in [-0.3, -0.25) is 0 Å². The van der Waals surface area contributed by atoms with Gasteiger partial charge in [-0.1, -0.05) is 0 Å². The lowest BCUT2D eigenvalue weighted by atomic mass is 9.53. The van der Waals surface area contributed by atoms with Crippen molar-refractivity contribution in [3.05, 3.63) is 29.7 Å². The predicted molar refractivity (Wildman–Crippen MR) is 87.5 cm³/mol. The van der Waals surface area contributed by atoms with Crippen LogP contribution in [0, 0.1) is 17.8 Å². The molecule has 4 heteroatoms. The van der Waals surface area contributed by atoms with Crippen LogP contribution < -0.4 is 5.32 Å². The van der Waals surface area contributed by atoms with E-state index in [2.05, 4.69) is 10.1 Å². The van der Waals surface area contributed by atoms with E-state index >= 15 is 0 Å². The molecule has 0 unspecified atom stereocenters. The fraction of sp³-hybridized carbons (Fsp3) is 0.632. The molecule has 5 rings (SSSR count). The number of carbonyl (C=O) groups is 1. The maximum Gasteiger partial charge on any atom is 0.330 e. The molecular formula is C19H25NO3. The Morgan fingerprint density at radius 2 is 1.91 bits per heavy atom. The summed E-state index contributed by atoms with van der Waals surface area (Å²) in [5.41, 5.74) is 0.351. The van der Waals surface area contributed by atoms with Crippen LogP contribution in [0.2, 0.25) is 0 Å². The van der Waals surface area contributed by atoms with Crippen LogP contribution in [0.1, 0.15) is 50.0 Å². The van der Waals surface area contributed by atoms with Gasteiger partial charge in [-0.05, 0) is 74.5 Å². The molecule has 0 atom stereocenters. The van der Waals surface area contributed by atoms with Crippen LogP contribution in [0.15, 0.2) is 22.6 Å². The van der Waals surface area contributed by atoms with Crippen LogP contribution in [0.5, 0.6) is 0 Å². The number of furan rings is 1. The van der Waals surface area contributed by atoms with Gasteiger partial charge in [0.25, 0.3) is 0 Å². The summed E-state index contributed by atoms with van der Waals surface area (Å²) in [6, 6.07) is 3.89. The Bertz CT molecular complexity index is 581. The highest BCUT2D eigenvalue weighted by Crippen LogP contribution is 2.55. The maximum atomic E-state index is 11.1. The van der Waals surface area contributed by atoms with Crippen molar-refractivity contribution >= 4 is 12.0 Å². The van der Waals surface area contributed by atoms with Gasteiger partial charge < -0.3 is 14.5 Å². The number of carbonyl (C=O) groups excluding carboxylic acids is 1. The molecule has 4 saturated carbocycles. The zero-order valence-corrected chi connectivity index (χ0v) is 13.7. The first-order valence-electron chi connectivity index (χ1n) is 8.74. The molecule has 4 aliphatic carbocycles. The summed E-state index contributed by atoms with van der Waals surface area (Å²) in [5.74, 6) is 4.11. The SMILES string of the molecule is COC(=O)C=Cc1ccc(CNC23CC4CC(CC(C4)C2)C3)o1. The van der Waals surface area contributed by atoms with Crippen LogP contribution in [0.4, 0.5) is 0 Å². The molecule has 1 N–H and O–H groups in total. The van der Waals surface area contributed by atoms with E-state index in [1.807, 2.05) is 12.1 Å². The molecule has 0 saturated heterocycles. The fourth-order valence-electron chi connectivity index (χ4n) is 5.40. The minimum atomic E-state index is -0.366. The lowest BCUT2D eigenvalue weighted by Gasteiger charge is -2.57. The largest absolute Gasteiger partial charge is 0.466 e. The molecule has 124 valence electrons. The molecule has 4 bridgehead atoms. The smallest absolute Gasteiger partial charge is 0.330 e. The van der Waals surface area contributed by atoms with Gasteiger partial charge in [0.05, 0.1) is 13.7 Å². The van der Waals surface area contributed by atoms with Crippen LogP contribution in [0.25, 0.3) is 6.08 Å². The standard InChI is InChI=1S/C19H25NO3/c1-22-18(21)5-4-16-2-3-17(23-16)12-20-19-9-13-6-14(10-19)8-15(7-13)11-19/h2-5,13-15,20H,6-12H2,1H3. The molecule has 1 heterocycles. The third kappa shape index (κ3) is 3.09. The molecular weight excluding hydrogens is 290 g/mol. The monoisotopic (exact) mass is 315 g/mol. The second-order valence-corrected chi connectivity index (χ2v) is 7.71. The first-order valence-corrected chi connectivity index (χ1v) is 8.74. The fourth-order valence-corrected chi connectivity index (χ4v) is 5.40. The Labute approximate surface area is 137 Å². The highest BCUT2D eigenvalue weighted by atomic mass is 16.5. The summed E-state index contributed by atoms with van der Waals surface area (Å²) in [5, 5.41) is 3.82. The van der Waals surface area contributed by atoms with E-state index in [9.17, 15) is 4.79 Å². The van der Waals surface area contributed by atoms with E-state index in [0.717, 1.165) is 30.1 Å². The van der Waals surface area contributed by atoms with Crippen LogP contribution in [-0.4, -0.2) is 18.6 Å². The zero-order chi connectivity index (χ0) is 15.9. The number of hydrogen-bond acceptors (Lipinski definition) is 4. The van der Waals surface area contributed by atoms with Gasteiger partial charge in [-0.2, -0.15) is 0 Å². The molecule has 4 nitrogen and oxygen atoms in total. The normalized spacial score (nSPS) is 35.1. The average Bonchev–Trinajstić information content (AvgIpc) is 2.97. The van der Waals surface area contributed by atoms with E-state index < -0.39 is 0 Å². The molecule has 1 aromatic heterocycles. The van der Waals surface area contributed by atoms with Crippen LogP contribution in [-0.2, 0) is 16.1 Å². The number of methoxy groups -OCH3 is 1. The summed E-state index contributed by atoms with van der Waals surface area (Å²) < 4.78 is 10.4. The van der Waals surface area contributed by atoms with E-state index in [4.69, 9.17) is 4.42 Å². The Hall–Kier alpha value is -1.55. The number of rotatable bonds is 5. The molecule has 1 aromatic rings. The third-order valence-corrected chi connectivity index (χ3v) is 5.94. The Kier molecular flexibility index (Phi) is 3.80. The minimum absolute atomic E-state index is 0.351. The molecule has 0 radical (unpaired) electrons. The molecule has 23 heavy (non-hydrogen) atoms. The predicted octanol–water partition coefficient (Wildman–Crippen LogP) is 3.52. The number of ether oxygens (including phenoxy) is 1. The highest BCUT2D eigenvalue weighted by molar-refractivity contribution is 5.86. The van der Waals surface area contributed by atoms with Crippen molar-refractivity contribution in [1.82, 2.24) is 5.32 Å². The van der Waals surface area contributed by atoms with Gasteiger partial charge >= 0.3 is 5.97 Å². The topological polar surface area (TPSA) is 51.5 Å². The molecule has 4 fully saturated rings. The Morgan fingerprint density at radius 1 is 1.26 bits per heavy atom. The van der Waals surface area contributed by atoms with Crippen LogP contribution in [0.3, 0.4) is 0 Å². The Balaban J connectivity index is 1.37. The summed E-state index contributed by atoms with van der Waals surface area (Å²) in [6.07, 6.45) is 11.5. The first-order chi connectivity index (χ1) is 11.1. The van der Waals surface area contributed by atoms with Crippen molar-refractivity contribution in [2.75, 3.05) is 7.11 Å². The average molecular weight is 315 g/mol. The lowest BCUT2D eigenvalue weighted by Crippen LogP contribution is -2.58. The summed E-state index contributed by atoms with van der Waals surface area (Å²) in [7, 11) is 1.37. The van der Waals surface area contributed by atoms with E-state index in [-0.39, 0.29) is 5.97 Å². The van der Waals surface area contributed by atoms with Gasteiger partial charge in [-0.15, -0.1) is 0 Å². The first kappa shape index (κ1) is 15.0. The number of hydrogen-bond donors (Lipinski definition) is 1. The second kappa shape index (κ2) is 5.82. The maximum absolute atomic E-state index is 11.1. The molecule has 0 spiro atoms. The number of nitrogens with one attached hydrogen (secondary N) is 1. The lowest BCUT2D eigenvalue weighted by molar-refractivity contribution is -0.134. The van der Waals surface area contributed by atoms with Crippen molar-refractivity contribution in [1.29, 1.82) is 0 Å². The van der Waals surface area contributed by atoms with Crippen molar-refractivity contribution in [3.8, 4) is 0 Å². The van der Waals surface area contributed by atoms with Gasteiger partial charge in [0, 0.05) is 11.6 Å². The number of esters is 1. The van der Waals surface area contributed by atoms with Crippen molar-refractivity contribution < 1.29 is 13.9 Å². The van der Waals surface area contributed by atoms with Gasteiger partial charge in [-0.25, -0.2) is 4.79 Å². The van der Waals surface area contributed by atoms with E-state index in [1.54, 1.807) is 6.08 Å².